The zero-order chi connectivity index (χ0) is 21.3. The number of benzene rings is 1. The summed E-state index contributed by atoms with van der Waals surface area (Å²) >= 11 is 6.30. The summed E-state index contributed by atoms with van der Waals surface area (Å²) in [5, 5.41) is 0. The highest BCUT2D eigenvalue weighted by molar-refractivity contribution is 7.80. The van der Waals surface area contributed by atoms with Crippen LogP contribution in [0.15, 0.2) is 29.3 Å². The molecule has 2 saturated heterocycles. The Balaban J connectivity index is 1.61. The minimum Gasteiger partial charge on any atom is -0.293 e. The lowest BCUT2D eigenvalue weighted by atomic mass is 9.69. The zero-order valence-corrected chi connectivity index (χ0v) is 19.5. The van der Waals surface area contributed by atoms with Gasteiger partial charge >= 0.3 is 0 Å². The van der Waals surface area contributed by atoms with Crippen molar-refractivity contribution in [3.63, 3.8) is 0 Å². The van der Waals surface area contributed by atoms with Gasteiger partial charge in [-0.2, -0.15) is 0 Å². The molecular formula is C26H36FN3S. The minimum atomic E-state index is -0.195. The molecule has 168 valence electrons. The van der Waals surface area contributed by atoms with E-state index in [1.807, 2.05) is 12.1 Å². The fourth-order valence-corrected chi connectivity index (χ4v) is 7.05. The molecule has 1 unspecified atom stereocenters. The average Bonchev–Trinajstić information content (AvgIpc) is 3.03. The lowest BCUT2D eigenvalue weighted by Crippen LogP contribution is -2.52. The molecule has 2 aliphatic heterocycles. The van der Waals surface area contributed by atoms with Crippen molar-refractivity contribution in [3.8, 4) is 0 Å². The number of anilines is 1. The summed E-state index contributed by atoms with van der Waals surface area (Å²) in [5.74, 6) is 0.979. The van der Waals surface area contributed by atoms with Crippen molar-refractivity contribution in [2.45, 2.75) is 95.6 Å². The minimum absolute atomic E-state index is 0.00676. The van der Waals surface area contributed by atoms with Crippen LogP contribution in [0.3, 0.4) is 0 Å². The molecule has 1 spiro atoms. The topological polar surface area (TPSA) is 18.8 Å². The maximum atomic E-state index is 13.8. The molecule has 4 aliphatic rings. The molecule has 1 atom stereocenters. The van der Waals surface area contributed by atoms with Crippen LogP contribution >= 0.6 is 12.2 Å². The molecule has 4 fully saturated rings. The van der Waals surface area contributed by atoms with E-state index in [1.54, 1.807) is 12.1 Å². The van der Waals surface area contributed by atoms with E-state index in [1.165, 1.54) is 76.5 Å². The highest BCUT2D eigenvalue weighted by Gasteiger charge is 2.57. The Hall–Kier alpha value is -1.33. The van der Waals surface area contributed by atoms with Gasteiger partial charge in [0.25, 0.3) is 0 Å². The van der Waals surface area contributed by atoms with Crippen LogP contribution in [0.5, 0.6) is 0 Å². The third-order valence-electron chi connectivity index (χ3n) is 8.10. The number of thiocarbonyl (C=S) groups is 1. The Morgan fingerprint density at radius 3 is 2.13 bits per heavy atom. The van der Waals surface area contributed by atoms with Gasteiger partial charge in [0, 0.05) is 11.1 Å². The summed E-state index contributed by atoms with van der Waals surface area (Å²) in [4.78, 5) is 11.5. The summed E-state index contributed by atoms with van der Waals surface area (Å²) in [6.45, 7) is 2.30. The second-order valence-electron chi connectivity index (χ2n) is 10.1. The van der Waals surface area contributed by atoms with Crippen molar-refractivity contribution in [1.82, 2.24) is 4.90 Å². The van der Waals surface area contributed by atoms with Gasteiger partial charge in [0.05, 0.1) is 17.1 Å². The first-order valence-electron chi connectivity index (χ1n) is 12.6. The molecule has 3 nitrogen and oxygen atoms in total. The maximum Gasteiger partial charge on any atom is 0.127 e. The van der Waals surface area contributed by atoms with Crippen LogP contribution in [0.4, 0.5) is 10.1 Å². The van der Waals surface area contributed by atoms with E-state index in [0.717, 1.165) is 36.6 Å². The summed E-state index contributed by atoms with van der Waals surface area (Å²) in [6.07, 6.45) is 16.3. The fraction of sp³-hybridized carbons (Fsp3) is 0.692. The van der Waals surface area contributed by atoms with Crippen molar-refractivity contribution >= 4 is 28.7 Å². The molecule has 2 aliphatic carbocycles. The van der Waals surface area contributed by atoms with Crippen LogP contribution in [0.2, 0.25) is 0 Å². The molecule has 5 heteroatoms. The molecule has 0 radical (unpaired) electrons. The number of piperidine rings is 1. The first-order valence-corrected chi connectivity index (χ1v) is 13.0. The molecule has 0 N–H and O–H groups in total. The van der Waals surface area contributed by atoms with E-state index in [4.69, 9.17) is 17.2 Å². The summed E-state index contributed by atoms with van der Waals surface area (Å²) in [7, 11) is 0. The zero-order valence-electron chi connectivity index (χ0n) is 18.7. The Kier molecular flexibility index (Phi) is 6.43. The van der Waals surface area contributed by atoms with E-state index in [-0.39, 0.29) is 17.3 Å². The summed E-state index contributed by atoms with van der Waals surface area (Å²) in [5.41, 5.74) is 0.998. The Morgan fingerprint density at radius 2 is 1.45 bits per heavy atom. The SMILES string of the molecule is Fc1ccc(N2C(=S)C3(CCCCC3)C(N3CCCCC3)C2=NC2CCCCC2)cc1. The highest BCUT2D eigenvalue weighted by atomic mass is 32.1. The van der Waals surface area contributed by atoms with Crippen LogP contribution < -0.4 is 4.90 Å². The number of aliphatic imine (C=N–C) groups is 1. The average molecular weight is 442 g/mol. The monoisotopic (exact) mass is 441 g/mol. The van der Waals surface area contributed by atoms with Gasteiger partial charge in [-0.05, 0) is 75.9 Å². The third kappa shape index (κ3) is 4.08. The Morgan fingerprint density at radius 1 is 0.839 bits per heavy atom. The third-order valence-corrected chi connectivity index (χ3v) is 8.69. The van der Waals surface area contributed by atoms with Gasteiger partial charge in [0.2, 0.25) is 0 Å². The van der Waals surface area contributed by atoms with Gasteiger partial charge in [0.1, 0.15) is 11.7 Å². The fourth-order valence-electron chi connectivity index (χ4n) is 6.54. The van der Waals surface area contributed by atoms with E-state index in [0.29, 0.717) is 6.04 Å². The number of likely N-dealkylation sites (tertiary alicyclic amines) is 1. The standard InChI is InChI=1S/C26H36FN3S/c27-20-12-14-22(15-13-20)30-24(28-21-10-4-1-5-11-21)23(29-18-8-3-9-19-29)26(25(30)31)16-6-2-7-17-26/h12-15,21,23H,1-11,16-19H2. The van der Waals surface area contributed by atoms with E-state index >= 15 is 0 Å². The Labute approximate surface area is 192 Å². The van der Waals surface area contributed by atoms with Crippen molar-refractivity contribution in [2.24, 2.45) is 10.4 Å². The van der Waals surface area contributed by atoms with Crippen LogP contribution in [-0.4, -0.2) is 40.9 Å². The predicted octanol–water partition coefficient (Wildman–Crippen LogP) is 6.51. The van der Waals surface area contributed by atoms with Gasteiger partial charge in [-0.1, -0.05) is 57.2 Å². The second-order valence-corrected chi connectivity index (χ2v) is 10.5. The lowest BCUT2D eigenvalue weighted by molar-refractivity contribution is 0.112. The van der Waals surface area contributed by atoms with Gasteiger partial charge in [-0.25, -0.2) is 4.39 Å². The van der Waals surface area contributed by atoms with E-state index in [2.05, 4.69) is 9.80 Å². The molecule has 0 amide bonds. The lowest BCUT2D eigenvalue weighted by Gasteiger charge is -2.44. The molecule has 0 aromatic heterocycles. The molecule has 0 bridgehead atoms. The molecule has 1 aromatic rings. The van der Waals surface area contributed by atoms with Gasteiger partial charge in [-0.15, -0.1) is 0 Å². The number of halogens is 1. The van der Waals surface area contributed by atoms with Crippen molar-refractivity contribution in [2.75, 3.05) is 18.0 Å². The number of hydrogen-bond donors (Lipinski definition) is 0. The molecular weight excluding hydrogens is 405 g/mol. The number of rotatable bonds is 3. The quantitative estimate of drug-likeness (QED) is 0.498. The summed E-state index contributed by atoms with van der Waals surface area (Å²) in [6, 6.07) is 7.61. The van der Waals surface area contributed by atoms with Crippen molar-refractivity contribution in [1.29, 1.82) is 0 Å². The van der Waals surface area contributed by atoms with Crippen molar-refractivity contribution in [3.05, 3.63) is 30.1 Å². The van der Waals surface area contributed by atoms with Crippen LogP contribution in [0.25, 0.3) is 0 Å². The normalized spacial score (nSPS) is 29.2. The molecule has 5 rings (SSSR count). The number of hydrogen-bond acceptors (Lipinski definition) is 3. The smallest absolute Gasteiger partial charge is 0.127 e. The maximum absolute atomic E-state index is 13.8. The van der Waals surface area contributed by atoms with Crippen LogP contribution in [0, 0.1) is 11.2 Å². The number of amidine groups is 1. The van der Waals surface area contributed by atoms with Crippen LogP contribution in [-0.2, 0) is 0 Å². The van der Waals surface area contributed by atoms with E-state index < -0.39 is 0 Å². The van der Waals surface area contributed by atoms with Gasteiger partial charge in [-0.3, -0.25) is 14.8 Å². The van der Waals surface area contributed by atoms with Gasteiger partial charge in [0.15, 0.2) is 0 Å². The Bertz CT molecular complexity index is 802. The van der Waals surface area contributed by atoms with Gasteiger partial charge < -0.3 is 0 Å². The largest absolute Gasteiger partial charge is 0.293 e. The molecule has 31 heavy (non-hydrogen) atoms. The highest BCUT2D eigenvalue weighted by Crippen LogP contribution is 2.50. The number of nitrogens with zero attached hydrogens (tertiary/aromatic N) is 3. The predicted molar refractivity (Wildman–Crippen MR) is 131 cm³/mol. The molecule has 2 saturated carbocycles. The molecule has 1 aromatic carbocycles. The second kappa shape index (κ2) is 9.27. The molecule has 2 heterocycles. The van der Waals surface area contributed by atoms with Crippen molar-refractivity contribution < 1.29 is 4.39 Å². The van der Waals surface area contributed by atoms with E-state index in [9.17, 15) is 4.39 Å². The summed E-state index contributed by atoms with van der Waals surface area (Å²) < 4.78 is 13.8. The first kappa shape index (κ1) is 21.5. The van der Waals surface area contributed by atoms with Crippen LogP contribution in [0.1, 0.15) is 83.5 Å². The first-order chi connectivity index (χ1) is 15.2.